The third-order valence-corrected chi connectivity index (χ3v) is 5.18. The summed E-state index contributed by atoms with van der Waals surface area (Å²) >= 11 is 3.35. The Labute approximate surface area is 129 Å². The molecule has 0 aliphatic carbocycles. The van der Waals surface area contributed by atoms with Crippen molar-refractivity contribution in [3.8, 4) is 0 Å². The lowest BCUT2D eigenvalue weighted by Gasteiger charge is -2.07. The average Bonchev–Trinajstić information content (AvgIpc) is 2.38. The van der Waals surface area contributed by atoms with E-state index in [4.69, 9.17) is 0 Å². The fourth-order valence-electron chi connectivity index (χ4n) is 2.02. The Kier molecular flexibility index (Phi) is 4.89. The van der Waals surface area contributed by atoms with Crippen molar-refractivity contribution < 1.29 is 9.00 Å². The summed E-state index contributed by atoms with van der Waals surface area (Å²) in [6, 6.07) is 13.0. The Morgan fingerprint density at radius 2 is 1.85 bits per heavy atom. The van der Waals surface area contributed by atoms with Crippen molar-refractivity contribution in [1.29, 1.82) is 0 Å². The van der Waals surface area contributed by atoms with Crippen molar-refractivity contribution in [2.24, 2.45) is 0 Å². The van der Waals surface area contributed by atoms with Crippen LogP contribution >= 0.6 is 15.9 Å². The first-order chi connectivity index (χ1) is 9.49. The predicted molar refractivity (Wildman–Crippen MR) is 85.7 cm³/mol. The van der Waals surface area contributed by atoms with Crippen molar-refractivity contribution in [1.82, 2.24) is 0 Å². The van der Waals surface area contributed by atoms with Gasteiger partial charge in [-0.25, -0.2) is 0 Å². The summed E-state index contributed by atoms with van der Waals surface area (Å²) in [6.07, 6.45) is 0. The highest BCUT2D eigenvalue weighted by Crippen LogP contribution is 2.19. The van der Waals surface area contributed by atoms with E-state index in [1.165, 1.54) is 0 Å². The maximum Gasteiger partial charge on any atom is 0.176 e. The minimum Gasteiger partial charge on any atom is -0.293 e. The van der Waals surface area contributed by atoms with Crippen molar-refractivity contribution >= 4 is 32.5 Å². The lowest BCUT2D eigenvalue weighted by molar-refractivity contribution is 0.102. The number of carbonyl (C=O) groups excluding carboxylic acids is 1. The molecule has 0 bridgehead atoms. The number of Topliss-reactive ketones (excluding diaryl/α,β-unsaturated/α-hetero) is 1. The summed E-state index contributed by atoms with van der Waals surface area (Å²) in [6.45, 7) is 3.91. The molecule has 0 N–H and O–H groups in total. The van der Waals surface area contributed by atoms with Crippen LogP contribution in [0.2, 0.25) is 0 Å². The Morgan fingerprint density at radius 3 is 2.50 bits per heavy atom. The molecule has 0 heterocycles. The van der Waals surface area contributed by atoms with Crippen LogP contribution < -0.4 is 0 Å². The molecule has 104 valence electrons. The largest absolute Gasteiger partial charge is 0.293 e. The summed E-state index contributed by atoms with van der Waals surface area (Å²) in [4.78, 5) is 12.9. The number of hydrogen-bond donors (Lipinski definition) is 0. The van der Waals surface area contributed by atoms with Crippen LogP contribution in [0, 0.1) is 13.8 Å². The summed E-state index contributed by atoms with van der Waals surface area (Å²) < 4.78 is 13.1. The highest BCUT2D eigenvalue weighted by Gasteiger charge is 2.15. The van der Waals surface area contributed by atoms with E-state index in [2.05, 4.69) is 15.9 Å². The topological polar surface area (TPSA) is 34.1 Å². The van der Waals surface area contributed by atoms with Crippen LogP contribution in [0.15, 0.2) is 51.8 Å². The quantitative estimate of drug-likeness (QED) is 0.779. The van der Waals surface area contributed by atoms with E-state index < -0.39 is 10.8 Å². The maximum atomic E-state index is 12.3. The molecule has 2 aromatic rings. The van der Waals surface area contributed by atoms with Crippen LogP contribution in [-0.4, -0.2) is 15.7 Å². The fourth-order valence-corrected chi connectivity index (χ4v) is 3.71. The lowest BCUT2D eigenvalue weighted by Crippen LogP contribution is -2.12. The van der Waals surface area contributed by atoms with Crippen LogP contribution in [0.3, 0.4) is 0 Å². The molecule has 0 saturated carbocycles. The molecule has 20 heavy (non-hydrogen) atoms. The average molecular weight is 351 g/mol. The van der Waals surface area contributed by atoms with Crippen LogP contribution in [0.25, 0.3) is 0 Å². The van der Waals surface area contributed by atoms with Gasteiger partial charge in [0.15, 0.2) is 5.78 Å². The molecule has 4 heteroatoms. The number of halogens is 1. The SMILES string of the molecule is Cc1ccc(S(=O)CC(=O)c2ccccc2Br)c(C)c1. The van der Waals surface area contributed by atoms with Gasteiger partial charge in [-0.05, 0) is 31.5 Å². The second-order valence-corrected chi connectivity index (χ2v) is 6.94. The number of carbonyl (C=O) groups is 1. The summed E-state index contributed by atoms with van der Waals surface area (Å²) in [5.41, 5.74) is 2.66. The third-order valence-electron chi connectivity index (χ3n) is 3.01. The van der Waals surface area contributed by atoms with E-state index >= 15 is 0 Å². The van der Waals surface area contributed by atoms with E-state index in [0.717, 1.165) is 20.5 Å². The van der Waals surface area contributed by atoms with Gasteiger partial charge in [0.1, 0.15) is 0 Å². The highest BCUT2D eigenvalue weighted by atomic mass is 79.9. The van der Waals surface area contributed by atoms with Crippen LogP contribution in [0.4, 0.5) is 0 Å². The molecule has 0 aromatic heterocycles. The van der Waals surface area contributed by atoms with Gasteiger partial charge < -0.3 is 0 Å². The number of hydrogen-bond acceptors (Lipinski definition) is 2. The molecular formula is C16H15BrO2S. The van der Waals surface area contributed by atoms with Gasteiger partial charge in [-0.2, -0.15) is 0 Å². The molecule has 0 fully saturated rings. The van der Waals surface area contributed by atoms with Gasteiger partial charge in [-0.15, -0.1) is 0 Å². The molecule has 1 atom stereocenters. The minimum atomic E-state index is -1.31. The van der Waals surface area contributed by atoms with E-state index in [-0.39, 0.29) is 11.5 Å². The molecule has 0 aliphatic heterocycles. The van der Waals surface area contributed by atoms with Gasteiger partial charge in [0.05, 0.1) is 16.6 Å². The summed E-state index contributed by atoms with van der Waals surface area (Å²) in [5, 5.41) is 0. The van der Waals surface area contributed by atoms with Gasteiger partial charge >= 0.3 is 0 Å². The molecule has 2 aromatic carbocycles. The smallest absolute Gasteiger partial charge is 0.176 e. The van der Waals surface area contributed by atoms with Gasteiger partial charge in [0.2, 0.25) is 0 Å². The molecule has 0 spiro atoms. The Morgan fingerprint density at radius 1 is 1.15 bits per heavy atom. The van der Waals surface area contributed by atoms with E-state index in [0.29, 0.717) is 5.56 Å². The summed E-state index contributed by atoms with van der Waals surface area (Å²) in [7, 11) is -1.31. The second-order valence-electron chi connectivity index (χ2n) is 4.66. The Bertz CT molecular complexity index is 680. The lowest BCUT2D eigenvalue weighted by atomic mass is 10.1. The molecule has 0 amide bonds. The van der Waals surface area contributed by atoms with Gasteiger partial charge in [-0.3, -0.25) is 9.00 Å². The first-order valence-electron chi connectivity index (χ1n) is 6.22. The first kappa shape index (κ1) is 15.1. The van der Waals surface area contributed by atoms with Crippen molar-refractivity contribution in [3.63, 3.8) is 0 Å². The molecule has 2 rings (SSSR count). The molecule has 0 saturated heterocycles. The second kappa shape index (κ2) is 6.46. The molecule has 0 aliphatic rings. The number of rotatable bonds is 4. The van der Waals surface area contributed by atoms with Gasteiger partial charge in [0.25, 0.3) is 0 Å². The predicted octanol–water partition coefficient (Wildman–Crippen LogP) is 4.06. The van der Waals surface area contributed by atoms with Gasteiger partial charge in [-0.1, -0.05) is 51.8 Å². The van der Waals surface area contributed by atoms with Crippen LogP contribution in [0.5, 0.6) is 0 Å². The third kappa shape index (κ3) is 3.44. The minimum absolute atomic E-state index is 0.00646. The van der Waals surface area contributed by atoms with Crippen molar-refractivity contribution in [2.75, 3.05) is 5.75 Å². The Balaban J connectivity index is 2.20. The van der Waals surface area contributed by atoms with E-state index in [1.54, 1.807) is 12.1 Å². The van der Waals surface area contributed by atoms with Gasteiger partial charge in [0, 0.05) is 14.9 Å². The van der Waals surface area contributed by atoms with Crippen LogP contribution in [-0.2, 0) is 10.8 Å². The highest BCUT2D eigenvalue weighted by molar-refractivity contribution is 9.10. The summed E-state index contributed by atoms with van der Waals surface area (Å²) in [5.74, 6) is -0.109. The zero-order valence-corrected chi connectivity index (χ0v) is 13.8. The van der Waals surface area contributed by atoms with E-state index in [9.17, 15) is 9.00 Å². The number of ketones is 1. The fraction of sp³-hybridized carbons (Fsp3) is 0.188. The zero-order valence-electron chi connectivity index (χ0n) is 11.4. The molecule has 2 nitrogen and oxygen atoms in total. The van der Waals surface area contributed by atoms with Crippen LogP contribution in [0.1, 0.15) is 21.5 Å². The maximum absolute atomic E-state index is 12.3. The monoisotopic (exact) mass is 350 g/mol. The van der Waals surface area contributed by atoms with Crippen molar-refractivity contribution in [2.45, 2.75) is 18.7 Å². The first-order valence-corrected chi connectivity index (χ1v) is 8.33. The normalized spacial score (nSPS) is 12.2. The van der Waals surface area contributed by atoms with E-state index in [1.807, 2.05) is 44.2 Å². The number of benzene rings is 2. The molecule has 0 radical (unpaired) electrons. The Hall–Kier alpha value is -1.26. The molecular weight excluding hydrogens is 336 g/mol. The standard InChI is InChI=1S/C16H15BrO2S/c1-11-7-8-16(12(2)9-11)20(19)10-15(18)13-5-3-4-6-14(13)17/h3-9H,10H2,1-2H3. The molecule has 1 unspecified atom stereocenters. The van der Waals surface area contributed by atoms with Crippen molar-refractivity contribution in [3.05, 3.63) is 63.6 Å². The zero-order chi connectivity index (χ0) is 14.7. The number of aryl methyl sites for hydroxylation is 2.